The van der Waals surface area contributed by atoms with Gasteiger partial charge in [0.25, 0.3) is 5.56 Å². The topological polar surface area (TPSA) is 66.2 Å². The van der Waals surface area contributed by atoms with Crippen LogP contribution in [0.3, 0.4) is 0 Å². The van der Waals surface area contributed by atoms with Crippen LogP contribution in [0.15, 0.2) is 47.8 Å². The molecule has 0 aliphatic heterocycles. The van der Waals surface area contributed by atoms with Crippen molar-refractivity contribution in [3.05, 3.63) is 58.9 Å². The van der Waals surface area contributed by atoms with Gasteiger partial charge < -0.3 is 9.47 Å². The van der Waals surface area contributed by atoms with E-state index < -0.39 is 0 Å². The summed E-state index contributed by atoms with van der Waals surface area (Å²) in [4.78, 5) is 20.7. The molecular formula is C16H15N3O3. The Balaban J connectivity index is 2.00. The van der Waals surface area contributed by atoms with Crippen molar-refractivity contribution in [3.63, 3.8) is 0 Å². The summed E-state index contributed by atoms with van der Waals surface area (Å²) in [6, 6.07) is 7.24. The zero-order valence-electron chi connectivity index (χ0n) is 12.3. The van der Waals surface area contributed by atoms with Crippen LogP contribution in [0.4, 0.5) is 0 Å². The average Bonchev–Trinajstić information content (AvgIpc) is 2.57. The van der Waals surface area contributed by atoms with Crippen molar-refractivity contribution in [3.8, 4) is 11.5 Å². The van der Waals surface area contributed by atoms with Gasteiger partial charge in [-0.25, -0.2) is 4.98 Å². The molecule has 0 N–H and O–H groups in total. The maximum absolute atomic E-state index is 12.4. The van der Waals surface area contributed by atoms with E-state index >= 15 is 0 Å². The monoisotopic (exact) mass is 297 g/mol. The predicted molar refractivity (Wildman–Crippen MR) is 82.4 cm³/mol. The molecule has 6 heteroatoms. The fourth-order valence-electron chi connectivity index (χ4n) is 2.30. The molecule has 22 heavy (non-hydrogen) atoms. The first-order valence-electron chi connectivity index (χ1n) is 6.73. The summed E-state index contributed by atoms with van der Waals surface area (Å²) < 4.78 is 12.0. The largest absolute Gasteiger partial charge is 0.493 e. The van der Waals surface area contributed by atoms with Crippen molar-refractivity contribution in [2.24, 2.45) is 0 Å². The first-order valence-corrected chi connectivity index (χ1v) is 6.73. The highest BCUT2D eigenvalue weighted by Crippen LogP contribution is 2.27. The molecule has 0 unspecified atom stereocenters. The number of pyridine rings is 1. The van der Waals surface area contributed by atoms with Gasteiger partial charge in [-0.1, -0.05) is 6.07 Å². The highest BCUT2D eigenvalue weighted by Gasteiger charge is 2.08. The van der Waals surface area contributed by atoms with E-state index in [0.29, 0.717) is 28.9 Å². The van der Waals surface area contributed by atoms with E-state index in [1.165, 1.54) is 6.33 Å². The summed E-state index contributed by atoms with van der Waals surface area (Å²) in [6.45, 7) is 0.407. The Hall–Kier alpha value is -2.89. The van der Waals surface area contributed by atoms with Crippen LogP contribution in [0.2, 0.25) is 0 Å². The SMILES string of the molecule is COc1ccc(Cn2cnc3cnccc3c2=O)cc1OC. The molecular weight excluding hydrogens is 282 g/mol. The third-order valence-electron chi connectivity index (χ3n) is 3.43. The molecule has 0 amide bonds. The van der Waals surface area contributed by atoms with Gasteiger partial charge in [-0.2, -0.15) is 0 Å². The quantitative estimate of drug-likeness (QED) is 0.735. The van der Waals surface area contributed by atoms with Crippen molar-refractivity contribution in [2.45, 2.75) is 6.54 Å². The zero-order valence-corrected chi connectivity index (χ0v) is 12.3. The minimum atomic E-state index is -0.0952. The maximum atomic E-state index is 12.4. The van der Waals surface area contributed by atoms with E-state index in [1.54, 1.807) is 37.2 Å². The summed E-state index contributed by atoms with van der Waals surface area (Å²) in [6.07, 6.45) is 4.70. The van der Waals surface area contributed by atoms with E-state index in [0.717, 1.165) is 5.56 Å². The molecule has 2 aromatic heterocycles. The molecule has 0 saturated heterocycles. The molecule has 6 nitrogen and oxygen atoms in total. The fraction of sp³-hybridized carbons (Fsp3) is 0.188. The molecule has 0 atom stereocenters. The van der Waals surface area contributed by atoms with E-state index in [-0.39, 0.29) is 5.56 Å². The Bertz CT molecular complexity index is 874. The number of nitrogens with zero attached hydrogens (tertiary/aromatic N) is 3. The molecule has 3 rings (SSSR count). The van der Waals surface area contributed by atoms with Crippen molar-refractivity contribution in [2.75, 3.05) is 14.2 Å². The van der Waals surface area contributed by atoms with E-state index in [1.807, 2.05) is 18.2 Å². The second kappa shape index (κ2) is 5.85. The van der Waals surface area contributed by atoms with Crippen LogP contribution in [0.25, 0.3) is 10.9 Å². The number of hydrogen-bond donors (Lipinski definition) is 0. The molecule has 0 spiro atoms. The van der Waals surface area contributed by atoms with Gasteiger partial charge in [-0.05, 0) is 23.8 Å². The summed E-state index contributed by atoms with van der Waals surface area (Å²) in [7, 11) is 3.17. The van der Waals surface area contributed by atoms with Crippen LogP contribution in [0, 0.1) is 0 Å². The lowest BCUT2D eigenvalue weighted by molar-refractivity contribution is 0.354. The van der Waals surface area contributed by atoms with Crippen LogP contribution in [-0.2, 0) is 6.54 Å². The lowest BCUT2D eigenvalue weighted by Gasteiger charge is -2.11. The summed E-state index contributed by atoms with van der Waals surface area (Å²) in [5, 5.41) is 0.554. The second-order valence-electron chi connectivity index (χ2n) is 4.76. The van der Waals surface area contributed by atoms with Crippen LogP contribution < -0.4 is 15.0 Å². The molecule has 0 aliphatic carbocycles. The van der Waals surface area contributed by atoms with Crippen LogP contribution >= 0.6 is 0 Å². The van der Waals surface area contributed by atoms with Crippen molar-refractivity contribution < 1.29 is 9.47 Å². The Morgan fingerprint density at radius 3 is 2.73 bits per heavy atom. The summed E-state index contributed by atoms with van der Waals surface area (Å²) in [5.74, 6) is 1.28. The minimum Gasteiger partial charge on any atom is -0.493 e. The minimum absolute atomic E-state index is 0.0952. The standard InChI is InChI=1S/C16H15N3O3/c1-21-14-4-3-11(7-15(14)22-2)9-19-10-18-13-8-17-6-5-12(13)16(19)20/h3-8,10H,9H2,1-2H3. The van der Waals surface area contributed by atoms with E-state index in [4.69, 9.17) is 9.47 Å². The maximum Gasteiger partial charge on any atom is 0.261 e. The normalized spacial score (nSPS) is 10.6. The highest BCUT2D eigenvalue weighted by atomic mass is 16.5. The molecule has 0 bridgehead atoms. The Labute approximate surface area is 127 Å². The number of benzene rings is 1. The molecule has 1 aromatic carbocycles. The smallest absolute Gasteiger partial charge is 0.261 e. The number of ether oxygens (including phenoxy) is 2. The molecule has 2 heterocycles. The van der Waals surface area contributed by atoms with Gasteiger partial charge in [0.1, 0.15) is 0 Å². The summed E-state index contributed by atoms with van der Waals surface area (Å²) in [5.41, 5.74) is 1.42. The molecule has 3 aromatic rings. The Morgan fingerprint density at radius 2 is 1.95 bits per heavy atom. The predicted octanol–water partition coefficient (Wildman–Crippen LogP) is 1.86. The zero-order chi connectivity index (χ0) is 15.5. The van der Waals surface area contributed by atoms with Crippen LogP contribution in [0.1, 0.15) is 5.56 Å². The Morgan fingerprint density at radius 1 is 1.14 bits per heavy atom. The first kappa shape index (κ1) is 14.1. The molecule has 112 valence electrons. The summed E-state index contributed by atoms with van der Waals surface area (Å²) >= 11 is 0. The molecule has 0 fully saturated rings. The second-order valence-corrected chi connectivity index (χ2v) is 4.76. The van der Waals surface area contributed by atoms with Gasteiger partial charge in [0.05, 0.1) is 44.2 Å². The Kier molecular flexibility index (Phi) is 3.74. The fourth-order valence-corrected chi connectivity index (χ4v) is 2.30. The number of methoxy groups -OCH3 is 2. The van der Waals surface area contributed by atoms with Crippen molar-refractivity contribution in [1.29, 1.82) is 0 Å². The van der Waals surface area contributed by atoms with Gasteiger partial charge in [-0.3, -0.25) is 14.3 Å². The lowest BCUT2D eigenvalue weighted by Crippen LogP contribution is -2.21. The average molecular weight is 297 g/mol. The lowest BCUT2D eigenvalue weighted by atomic mass is 10.2. The number of hydrogen-bond acceptors (Lipinski definition) is 5. The van der Waals surface area contributed by atoms with Gasteiger partial charge >= 0.3 is 0 Å². The first-order chi connectivity index (χ1) is 10.7. The number of aromatic nitrogens is 3. The van der Waals surface area contributed by atoms with Crippen molar-refractivity contribution in [1.82, 2.24) is 14.5 Å². The third-order valence-corrected chi connectivity index (χ3v) is 3.43. The number of fused-ring (bicyclic) bond motifs is 1. The third kappa shape index (κ3) is 2.50. The highest BCUT2D eigenvalue weighted by molar-refractivity contribution is 5.75. The van der Waals surface area contributed by atoms with E-state index in [9.17, 15) is 4.79 Å². The molecule has 0 aliphatic rings. The van der Waals surface area contributed by atoms with Crippen LogP contribution in [0.5, 0.6) is 11.5 Å². The number of rotatable bonds is 4. The van der Waals surface area contributed by atoms with E-state index in [2.05, 4.69) is 9.97 Å². The molecule has 0 radical (unpaired) electrons. The van der Waals surface area contributed by atoms with Crippen molar-refractivity contribution >= 4 is 10.9 Å². The molecule has 0 saturated carbocycles. The van der Waals surface area contributed by atoms with Gasteiger partial charge in [0.15, 0.2) is 11.5 Å². The van der Waals surface area contributed by atoms with Gasteiger partial charge in [0.2, 0.25) is 0 Å². The van der Waals surface area contributed by atoms with Crippen LogP contribution in [-0.4, -0.2) is 28.8 Å². The van der Waals surface area contributed by atoms with Gasteiger partial charge in [0, 0.05) is 6.20 Å². The van der Waals surface area contributed by atoms with Gasteiger partial charge in [-0.15, -0.1) is 0 Å².